The van der Waals surface area contributed by atoms with Crippen LogP contribution in [-0.4, -0.2) is 5.91 Å². The molecule has 0 heterocycles. The van der Waals surface area contributed by atoms with Gasteiger partial charge in [0, 0.05) is 5.92 Å². The maximum Gasteiger partial charge on any atom is 0.220 e. The van der Waals surface area contributed by atoms with Gasteiger partial charge < -0.3 is 5.73 Å². The molecule has 2 aliphatic rings. The molecular formula is C9H15NO. The van der Waals surface area contributed by atoms with E-state index in [0.717, 1.165) is 12.8 Å². The average molecular weight is 153 g/mol. The van der Waals surface area contributed by atoms with E-state index in [0.29, 0.717) is 5.41 Å². The molecule has 0 unspecified atom stereocenters. The first-order valence-electron chi connectivity index (χ1n) is 4.51. The minimum absolute atomic E-state index is 0.0732. The van der Waals surface area contributed by atoms with Crippen LogP contribution in [0, 0.1) is 11.3 Å². The Labute approximate surface area is 67.1 Å². The van der Waals surface area contributed by atoms with E-state index >= 15 is 0 Å². The molecule has 2 saturated carbocycles. The Hall–Kier alpha value is -0.530. The number of nitrogens with two attached hydrogens (primary N) is 1. The number of amides is 1. The van der Waals surface area contributed by atoms with Crippen molar-refractivity contribution in [1.29, 1.82) is 0 Å². The minimum atomic E-state index is -0.0732. The first kappa shape index (κ1) is 7.14. The van der Waals surface area contributed by atoms with Gasteiger partial charge in [-0.15, -0.1) is 0 Å². The molecule has 0 bridgehead atoms. The zero-order valence-electron chi connectivity index (χ0n) is 6.81. The van der Waals surface area contributed by atoms with Crippen LogP contribution in [0.3, 0.4) is 0 Å². The van der Waals surface area contributed by atoms with Crippen molar-refractivity contribution in [3.8, 4) is 0 Å². The van der Waals surface area contributed by atoms with E-state index in [1.54, 1.807) is 0 Å². The summed E-state index contributed by atoms with van der Waals surface area (Å²) in [6, 6.07) is 0. The number of rotatable bonds is 1. The van der Waals surface area contributed by atoms with E-state index in [-0.39, 0.29) is 11.8 Å². The monoisotopic (exact) mass is 153 g/mol. The number of carbonyl (C=O) groups is 1. The lowest BCUT2D eigenvalue weighted by atomic mass is 9.79. The number of carbonyl (C=O) groups excluding carboxylic acids is 1. The summed E-state index contributed by atoms with van der Waals surface area (Å²) in [6.07, 6.45) is 7.37. The van der Waals surface area contributed by atoms with Crippen molar-refractivity contribution in [2.24, 2.45) is 17.1 Å². The number of primary amides is 1. The predicted octanol–water partition coefficient (Wildman–Crippen LogP) is 1.44. The van der Waals surface area contributed by atoms with Crippen LogP contribution >= 0.6 is 0 Å². The standard InChI is InChI=1S/C9H15NO/c10-8(11)7-2-1-3-9(6-7)4-5-9/h7H,1-6H2,(H2,10,11)/t7-/m1/s1. The Morgan fingerprint density at radius 1 is 1.36 bits per heavy atom. The smallest absolute Gasteiger partial charge is 0.220 e. The molecule has 11 heavy (non-hydrogen) atoms. The summed E-state index contributed by atoms with van der Waals surface area (Å²) in [7, 11) is 0. The lowest BCUT2D eigenvalue weighted by Gasteiger charge is -2.26. The van der Waals surface area contributed by atoms with Crippen molar-refractivity contribution in [2.45, 2.75) is 38.5 Å². The lowest BCUT2D eigenvalue weighted by molar-refractivity contribution is -0.123. The number of hydrogen-bond acceptors (Lipinski definition) is 1. The summed E-state index contributed by atoms with van der Waals surface area (Å²) in [5, 5.41) is 0. The van der Waals surface area contributed by atoms with E-state index in [1.807, 2.05) is 0 Å². The summed E-state index contributed by atoms with van der Waals surface area (Å²) in [4.78, 5) is 10.9. The fraction of sp³-hybridized carbons (Fsp3) is 0.889. The SMILES string of the molecule is NC(=O)[C@@H]1CCCC2(CC2)C1. The first-order valence-corrected chi connectivity index (χ1v) is 4.51. The van der Waals surface area contributed by atoms with Gasteiger partial charge in [0.2, 0.25) is 5.91 Å². The quantitative estimate of drug-likeness (QED) is 0.608. The molecule has 2 aliphatic carbocycles. The second-order valence-corrected chi connectivity index (χ2v) is 4.20. The fourth-order valence-corrected chi connectivity index (χ4v) is 2.32. The molecule has 0 aromatic carbocycles. The molecule has 2 heteroatoms. The third-order valence-corrected chi connectivity index (χ3v) is 3.30. The van der Waals surface area contributed by atoms with E-state index in [9.17, 15) is 4.79 Å². The highest BCUT2D eigenvalue weighted by Crippen LogP contribution is 2.57. The highest BCUT2D eigenvalue weighted by atomic mass is 16.1. The van der Waals surface area contributed by atoms with Crippen molar-refractivity contribution in [3.63, 3.8) is 0 Å². The molecule has 0 aromatic rings. The van der Waals surface area contributed by atoms with Crippen LogP contribution in [0.1, 0.15) is 38.5 Å². The maximum atomic E-state index is 10.9. The van der Waals surface area contributed by atoms with Crippen LogP contribution in [0.4, 0.5) is 0 Å². The molecule has 1 amide bonds. The normalized spacial score (nSPS) is 33.6. The van der Waals surface area contributed by atoms with Crippen molar-refractivity contribution in [3.05, 3.63) is 0 Å². The van der Waals surface area contributed by atoms with Crippen LogP contribution in [0.25, 0.3) is 0 Å². The molecule has 2 rings (SSSR count). The second kappa shape index (κ2) is 2.23. The fourth-order valence-electron chi connectivity index (χ4n) is 2.32. The van der Waals surface area contributed by atoms with Gasteiger partial charge in [-0.25, -0.2) is 0 Å². The molecule has 0 saturated heterocycles. The minimum Gasteiger partial charge on any atom is -0.369 e. The molecule has 1 atom stereocenters. The van der Waals surface area contributed by atoms with Gasteiger partial charge in [0.1, 0.15) is 0 Å². The Bertz CT molecular complexity index is 184. The van der Waals surface area contributed by atoms with Gasteiger partial charge in [0.15, 0.2) is 0 Å². The summed E-state index contributed by atoms with van der Waals surface area (Å²) >= 11 is 0. The Morgan fingerprint density at radius 2 is 2.09 bits per heavy atom. The predicted molar refractivity (Wildman–Crippen MR) is 42.8 cm³/mol. The van der Waals surface area contributed by atoms with Gasteiger partial charge in [0.05, 0.1) is 0 Å². The van der Waals surface area contributed by atoms with Crippen LogP contribution < -0.4 is 5.73 Å². The van der Waals surface area contributed by atoms with E-state index in [1.165, 1.54) is 25.7 Å². The van der Waals surface area contributed by atoms with Gasteiger partial charge in [-0.2, -0.15) is 0 Å². The largest absolute Gasteiger partial charge is 0.369 e. The van der Waals surface area contributed by atoms with Crippen molar-refractivity contribution in [2.75, 3.05) is 0 Å². The van der Waals surface area contributed by atoms with Gasteiger partial charge in [-0.05, 0) is 37.5 Å². The van der Waals surface area contributed by atoms with Gasteiger partial charge in [0.25, 0.3) is 0 Å². The maximum absolute atomic E-state index is 10.9. The van der Waals surface area contributed by atoms with Crippen LogP contribution in [0.2, 0.25) is 0 Å². The average Bonchev–Trinajstić information content (AvgIpc) is 2.69. The highest BCUT2D eigenvalue weighted by Gasteiger charge is 2.46. The zero-order chi connectivity index (χ0) is 7.90. The van der Waals surface area contributed by atoms with Crippen LogP contribution in [0.15, 0.2) is 0 Å². The molecule has 2 fully saturated rings. The third kappa shape index (κ3) is 1.26. The van der Waals surface area contributed by atoms with E-state index in [2.05, 4.69) is 0 Å². The summed E-state index contributed by atoms with van der Waals surface area (Å²) in [5.41, 5.74) is 5.86. The Balaban J connectivity index is 1.98. The van der Waals surface area contributed by atoms with Crippen molar-refractivity contribution >= 4 is 5.91 Å². The highest BCUT2D eigenvalue weighted by molar-refractivity contribution is 5.76. The van der Waals surface area contributed by atoms with Crippen molar-refractivity contribution < 1.29 is 4.79 Å². The summed E-state index contributed by atoms with van der Waals surface area (Å²) < 4.78 is 0. The lowest BCUT2D eigenvalue weighted by Crippen LogP contribution is -2.29. The molecular weight excluding hydrogens is 138 g/mol. The Morgan fingerprint density at radius 3 is 2.64 bits per heavy atom. The molecule has 2 nitrogen and oxygen atoms in total. The summed E-state index contributed by atoms with van der Waals surface area (Å²) in [5.74, 6) is 0.127. The van der Waals surface area contributed by atoms with Gasteiger partial charge in [-0.3, -0.25) is 4.79 Å². The topological polar surface area (TPSA) is 43.1 Å². The van der Waals surface area contributed by atoms with Crippen LogP contribution in [0.5, 0.6) is 0 Å². The molecule has 62 valence electrons. The van der Waals surface area contributed by atoms with Gasteiger partial charge in [-0.1, -0.05) is 6.42 Å². The van der Waals surface area contributed by atoms with E-state index in [4.69, 9.17) is 5.73 Å². The number of hydrogen-bond donors (Lipinski definition) is 1. The molecule has 0 radical (unpaired) electrons. The Kier molecular flexibility index (Phi) is 1.44. The van der Waals surface area contributed by atoms with Crippen LogP contribution in [-0.2, 0) is 4.79 Å². The van der Waals surface area contributed by atoms with Gasteiger partial charge >= 0.3 is 0 Å². The molecule has 0 aromatic heterocycles. The molecule has 2 N–H and O–H groups in total. The van der Waals surface area contributed by atoms with E-state index < -0.39 is 0 Å². The van der Waals surface area contributed by atoms with Crippen molar-refractivity contribution in [1.82, 2.24) is 0 Å². The molecule has 0 aliphatic heterocycles. The first-order chi connectivity index (χ1) is 5.22. The molecule has 1 spiro atoms. The summed E-state index contributed by atoms with van der Waals surface area (Å²) in [6.45, 7) is 0. The second-order valence-electron chi connectivity index (χ2n) is 4.20. The third-order valence-electron chi connectivity index (χ3n) is 3.30. The zero-order valence-corrected chi connectivity index (χ0v) is 6.81.